The van der Waals surface area contributed by atoms with Crippen LogP contribution in [0.15, 0.2) is 88.9 Å². The molecule has 2 aromatic heterocycles. The monoisotopic (exact) mass is 617 g/mol. The van der Waals surface area contributed by atoms with Gasteiger partial charge < -0.3 is 24.8 Å². The van der Waals surface area contributed by atoms with Crippen molar-refractivity contribution in [2.24, 2.45) is 0 Å². The van der Waals surface area contributed by atoms with Crippen LogP contribution < -0.4 is 20.3 Å². The highest BCUT2D eigenvalue weighted by Crippen LogP contribution is 2.30. The van der Waals surface area contributed by atoms with Gasteiger partial charge in [-0.05, 0) is 67.7 Å². The van der Waals surface area contributed by atoms with E-state index in [-0.39, 0.29) is 26.9 Å². The topological polar surface area (TPSA) is 153 Å². The van der Waals surface area contributed by atoms with Crippen LogP contribution in [-0.2, 0) is 9.84 Å². The van der Waals surface area contributed by atoms with E-state index in [1.54, 1.807) is 30.5 Å². The first-order valence-corrected chi connectivity index (χ1v) is 15.1. The Morgan fingerprint density at radius 3 is 2.50 bits per heavy atom. The molecule has 12 nitrogen and oxygen atoms in total. The molecule has 0 aliphatic carbocycles. The van der Waals surface area contributed by atoms with Crippen LogP contribution in [0.25, 0.3) is 10.9 Å². The second kappa shape index (κ2) is 11.8. The number of ether oxygens (including phenoxy) is 1. The molecule has 3 heterocycles. The lowest BCUT2D eigenvalue weighted by Crippen LogP contribution is -2.44. The number of nitrogens with zero attached hydrogens (tertiary/aromatic N) is 3. The highest BCUT2D eigenvalue weighted by Gasteiger charge is 2.23. The van der Waals surface area contributed by atoms with E-state index in [9.17, 15) is 22.4 Å². The number of benzene rings is 3. The van der Waals surface area contributed by atoms with Gasteiger partial charge in [0.2, 0.25) is 9.84 Å². The van der Waals surface area contributed by atoms with E-state index in [2.05, 4.69) is 35.6 Å². The first kappa shape index (κ1) is 28.9. The molecule has 0 bridgehead atoms. The first-order valence-electron chi connectivity index (χ1n) is 13.7. The number of hydrogen-bond donors (Lipinski definition) is 4. The molecule has 6 rings (SSSR count). The fraction of sp³-hybridized carbons (Fsp3) is 0.167. The largest absolute Gasteiger partial charge is 0.417 e. The van der Waals surface area contributed by atoms with E-state index in [0.29, 0.717) is 16.7 Å². The predicted molar refractivity (Wildman–Crippen MR) is 162 cm³/mol. The summed E-state index contributed by atoms with van der Waals surface area (Å²) in [6.07, 6.45) is 2.34. The summed E-state index contributed by atoms with van der Waals surface area (Å²) in [7, 11) is -2.01. The van der Waals surface area contributed by atoms with E-state index in [0.717, 1.165) is 44.0 Å². The van der Waals surface area contributed by atoms with Gasteiger partial charge in [0.25, 0.3) is 5.91 Å². The maximum atomic E-state index is 13.8. The van der Waals surface area contributed by atoms with E-state index in [1.165, 1.54) is 36.5 Å². The number of nitrogens with one attached hydrogen (secondary N) is 4. The van der Waals surface area contributed by atoms with E-state index >= 15 is 0 Å². The molecule has 3 aromatic carbocycles. The van der Waals surface area contributed by atoms with Crippen LogP contribution in [0.1, 0.15) is 10.4 Å². The Balaban J connectivity index is 1.30. The Labute approximate surface area is 251 Å². The zero-order valence-corrected chi connectivity index (χ0v) is 24.3. The number of sulfone groups is 1. The van der Waals surface area contributed by atoms with Gasteiger partial charge in [0.05, 0.1) is 26.6 Å². The van der Waals surface area contributed by atoms with Gasteiger partial charge in [0, 0.05) is 49.6 Å². The van der Waals surface area contributed by atoms with Crippen molar-refractivity contribution in [1.29, 1.82) is 0 Å². The van der Waals surface area contributed by atoms with Crippen molar-refractivity contribution >= 4 is 49.9 Å². The molecule has 0 unspecified atom stereocenters. The van der Waals surface area contributed by atoms with Gasteiger partial charge in [-0.15, -0.1) is 0 Å². The van der Waals surface area contributed by atoms with Crippen molar-refractivity contribution in [3.8, 4) is 5.75 Å². The smallest absolute Gasteiger partial charge is 0.408 e. The minimum atomic E-state index is -4.05. The number of rotatable bonds is 7. The van der Waals surface area contributed by atoms with Crippen LogP contribution in [0.5, 0.6) is 5.75 Å². The lowest BCUT2D eigenvalue weighted by Gasteiger charge is -2.34. The van der Waals surface area contributed by atoms with Crippen LogP contribution >= 0.6 is 0 Å². The number of likely N-dealkylation sites (N-methyl/N-ethyl adjacent to an activating group) is 1. The molecule has 0 saturated carbocycles. The highest BCUT2D eigenvalue weighted by molar-refractivity contribution is 7.91. The quantitative estimate of drug-likeness (QED) is 0.209. The average Bonchev–Trinajstić information content (AvgIpc) is 3.67. The molecule has 1 fully saturated rings. The van der Waals surface area contributed by atoms with Crippen molar-refractivity contribution in [1.82, 2.24) is 20.1 Å². The minimum Gasteiger partial charge on any atom is -0.408 e. The fourth-order valence-electron chi connectivity index (χ4n) is 4.91. The summed E-state index contributed by atoms with van der Waals surface area (Å²) in [5, 5.41) is 12.7. The lowest BCUT2D eigenvalue weighted by molar-refractivity contribution is 0.102. The number of piperazine rings is 1. The molecule has 0 spiro atoms. The molecule has 14 heteroatoms. The lowest BCUT2D eigenvalue weighted by atomic mass is 10.1. The summed E-state index contributed by atoms with van der Waals surface area (Å²) in [4.78, 5) is 33.2. The first-order chi connectivity index (χ1) is 21.2. The standard InChI is InChI=1S/C30H28FN7O5S/c1-37-11-13-38(14-12-37)20-5-7-24(27(16-20)33-30(40)43-21-9-10-32-18-21)29(39)34-28-25-17-23(6-8-26(25)35-36-28)44(41,42)22-4-2-3-19(31)15-22/h2-10,15-18,32H,11-14H2,1H3,(H,33,40)(H2,34,35,36,39). The van der Waals surface area contributed by atoms with Crippen molar-refractivity contribution in [2.45, 2.75) is 9.79 Å². The summed E-state index contributed by atoms with van der Waals surface area (Å²) >= 11 is 0. The normalized spacial score (nSPS) is 14.0. The average molecular weight is 618 g/mol. The van der Waals surface area contributed by atoms with Gasteiger partial charge in [-0.3, -0.25) is 15.2 Å². The Kier molecular flexibility index (Phi) is 7.76. The van der Waals surface area contributed by atoms with Gasteiger partial charge >= 0.3 is 6.09 Å². The highest BCUT2D eigenvalue weighted by atomic mass is 32.2. The van der Waals surface area contributed by atoms with Crippen LogP contribution in [-0.4, -0.2) is 73.7 Å². The SMILES string of the molecule is CN1CCN(c2ccc(C(=O)Nc3n[nH]c4ccc(S(=O)(=O)c5cccc(F)c5)cc34)c(NC(=O)Oc3cc[nH]c3)c2)CC1. The molecule has 5 aromatic rings. The zero-order valence-electron chi connectivity index (χ0n) is 23.5. The van der Waals surface area contributed by atoms with E-state index in [4.69, 9.17) is 4.74 Å². The summed E-state index contributed by atoms with van der Waals surface area (Å²) in [5.74, 6) is -0.900. The maximum Gasteiger partial charge on any atom is 0.417 e. The molecule has 44 heavy (non-hydrogen) atoms. The van der Waals surface area contributed by atoms with E-state index < -0.39 is 27.7 Å². The molecule has 2 amide bonds. The Morgan fingerprint density at radius 2 is 1.75 bits per heavy atom. The minimum absolute atomic E-state index is 0.0743. The van der Waals surface area contributed by atoms with Crippen LogP contribution in [0.3, 0.4) is 0 Å². The Hall–Kier alpha value is -5.21. The molecule has 226 valence electrons. The number of aromatic nitrogens is 3. The van der Waals surface area contributed by atoms with Crippen molar-refractivity contribution in [3.63, 3.8) is 0 Å². The van der Waals surface area contributed by atoms with Crippen molar-refractivity contribution in [3.05, 3.63) is 90.5 Å². The van der Waals surface area contributed by atoms with Gasteiger partial charge in [-0.2, -0.15) is 5.10 Å². The van der Waals surface area contributed by atoms with Crippen LogP contribution in [0.4, 0.5) is 26.4 Å². The van der Waals surface area contributed by atoms with Gasteiger partial charge in [0.15, 0.2) is 5.82 Å². The molecular formula is C30H28FN7O5S. The number of H-pyrrole nitrogens is 2. The molecule has 0 radical (unpaired) electrons. The van der Waals surface area contributed by atoms with E-state index in [1.807, 2.05) is 7.05 Å². The second-order valence-electron chi connectivity index (χ2n) is 10.3. The van der Waals surface area contributed by atoms with Crippen LogP contribution in [0.2, 0.25) is 0 Å². The fourth-order valence-corrected chi connectivity index (χ4v) is 6.23. The summed E-state index contributed by atoms with van der Waals surface area (Å²) in [6.45, 7) is 3.28. The third kappa shape index (κ3) is 5.98. The Morgan fingerprint density at radius 1 is 0.955 bits per heavy atom. The molecular weight excluding hydrogens is 589 g/mol. The number of fused-ring (bicyclic) bond motifs is 1. The Bertz CT molecular complexity index is 1950. The third-order valence-electron chi connectivity index (χ3n) is 7.32. The van der Waals surface area contributed by atoms with Crippen molar-refractivity contribution in [2.75, 3.05) is 48.8 Å². The van der Waals surface area contributed by atoms with Crippen LogP contribution in [0, 0.1) is 5.82 Å². The number of aromatic amines is 2. The number of amides is 2. The number of anilines is 3. The molecule has 0 atom stereocenters. The molecule has 4 N–H and O–H groups in total. The number of carbonyl (C=O) groups excluding carboxylic acids is 2. The van der Waals surface area contributed by atoms with Crippen molar-refractivity contribution < 1.29 is 27.1 Å². The molecule has 1 saturated heterocycles. The zero-order chi connectivity index (χ0) is 30.8. The maximum absolute atomic E-state index is 13.8. The third-order valence-corrected chi connectivity index (χ3v) is 9.06. The second-order valence-corrected chi connectivity index (χ2v) is 12.2. The predicted octanol–water partition coefficient (Wildman–Crippen LogP) is 4.48. The van der Waals surface area contributed by atoms with Gasteiger partial charge in [-0.25, -0.2) is 17.6 Å². The summed E-state index contributed by atoms with van der Waals surface area (Å²) < 4.78 is 45.5. The summed E-state index contributed by atoms with van der Waals surface area (Å²) in [5.41, 5.74) is 1.64. The number of carbonyl (C=O) groups is 2. The number of hydrogen-bond acceptors (Lipinski definition) is 8. The number of halogens is 1. The molecule has 1 aliphatic heterocycles. The van der Waals surface area contributed by atoms with Gasteiger partial charge in [-0.1, -0.05) is 6.07 Å². The summed E-state index contributed by atoms with van der Waals surface area (Å²) in [6, 6.07) is 15.7. The van der Waals surface area contributed by atoms with Gasteiger partial charge in [0.1, 0.15) is 11.6 Å². The molecule has 1 aliphatic rings.